The van der Waals surface area contributed by atoms with Gasteiger partial charge in [0, 0.05) is 6.20 Å². The van der Waals surface area contributed by atoms with E-state index in [9.17, 15) is 9.59 Å². The van der Waals surface area contributed by atoms with Crippen LogP contribution in [0.15, 0.2) is 17.1 Å². The van der Waals surface area contributed by atoms with Crippen molar-refractivity contribution in [3.8, 4) is 5.75 Å². The predicted molar refractivity (Wildman–Crippen MR) is 98.9 cm³/mol. The van der Waals surface area contributed by atoms with E-state index < -0.39 is 22.8 Å². The van der Waals surface area contributed by atoms with Crippen molar-refractivity contribution < 1.29 is 18.7 Å². The molecule has 2 aliphatic rings. The normalized spacial score (nSPS) is 19.9. The fraction of sp³-hybridized carbons (Fsp3) is 0.500. The highest BCUT2D eigenvalue weighted by molar-refractivity contribution is 5.96. The van der Waals surface area contributed by atoms with E-state index >= 15 is 4.39 Å². The smallest absolute Gasteiger partial charge is 0.343 e. The molecule has 144 valence electrons. The maximum absolute atomic E-state index is 15.2. The number of carbonyl (C=O) groups is 1. The Labute approximate surface area is 156 Å². The molecule has 0 amide bonds. The number of ether oxygens (including phenoxy) is 2. The van der Waals surface area contributed by atoms with Gasteiger partial charge in [-0.25, -0.2) is 9.18 Å². The Morgan fingerprint density at radius 1 is 1.44 bits per heavy atom. The minimum atomic E-state index is -0.690. The molecule has 2 aromatic rings. The number of rotatable bonds is 4. The molecule has 0 bridgehead atoms. The topological polar surface area (TPSA) is 60.8 Å². The predicted octanol–water partition coefficient (Wildman–Crippen LogP) is 2.82. The zero-order valence-electron chi connectivity index (χ0n) is 16.0. The average Bonchev–Trinajstić information content (AvgIpc) is 3.41. The summed E-state index contributed by atoms with van der Waals surface area (Å²) in [5.74, 6) is -0.741. The van der Waals surface area contributed by atoms with E-state index in [1.54, 1.807) is 6.92 Å². The molecule has 1 aliphatic heterocycles. The largest absolute Gasteiger partial charge is 0.489 e. The second kappa shape index (κ2) is 6.05. The number of pyridine rings is 1. The van der Waals surface area contributed by atoms with Crippen LogP contribution in [0.2, 0.25) is 0 Å². The molecule has 4 rings (SSSR count). The van der Waals surface area contributed by atoms with Crippen LogP contribution in [-0.4, -0.2) is 42.7 Å². The van der Waals surface area contributed by atoms with Gasteiger partial charge in [-0.2, -0.15) is 0 Å². The van der Waals surface area contributed by atoms with Crippen LogP contribution in [0, 0.1) is 5.82 Å². The van der Waals surface area contributed by atoms with Gasteiger partial charge in [-0.15, -0.1) is 0 Å². The van der Waals surface area contributed by atoms with Gasteiger partial charge in [0.15, 0.2) is 5.75 Å². The molecule has 1 atom stereocenters. The number of esters is 1. The maximum Gasteiger partial charge on any atom is 0.343 e. The molecule has 0 unspecified atom stereocenters. The number of benzene rings is 1. The van der Waals surface area contributed by atoms with Crippen molar-refractivity contribution in [2.45, 2.75) is 38.3 Å². The van der Waals surface area contributed by atoms with Gasteiger partial charge >= 0.3 is 5.97 Å². The number of halogens is 1. The first kappa shape index (κ1) is 18.0. The van der Waals surface area contributed by atoms with Crippen molar-refractivity contribution in [3.05, 3.63) is 39.4 Å². The minimum Gasteiger partial charge on any atom is -0.489 e. The summed E-state index contributed by atoms with van der Waals surface area (Å²) in [4.78, 5) is 27.1. The molecule has 0 saturated heterocycles. The van der Waals surface area contributed by atoms with E-state index in [-0.39, 0.29) is 23.6 Å². The van der Waals surface area contributed by atoms with Crippen molar-refractivity contribution in [2.24, 2.45) is 0 Å². The molecule has 1 aliphatic carbocycles. The number of nitrogens with zero attached hydrogens (tertiary/aromatic N) is 2. The standard InChI is InChI=1S/C20H23FN2O4/c1-5-26-19(25)13-9-23-11(2)10-27-18-15(20(6-7-20)22(3)4)14(21)8-12(16(18)23)17(13)24/h8-9,11H,5-7,10H2,1-4H3/t11-/m0/s1. The van der Waals surface area contributed by atoms with Gasteiger partial charge < -0.3 is 14.0 Å². The van der Waals surface area contributed by atoms with Gasteiger partial charge in [0.25, 0.3) is 0 Å². The molecular weight excluding hydrogens is 351 g/mol. The van der Waals surface area contributed by atoms with Gasteiger partial charge in [-0.1, -0.05) is 0 Å². The quantitative estimate of drug-likeness (QED) is 0.770. The molecular formula is C20H23FN2O4. The summed E-state index contributed by atoms with van der Waals surface area (Å²) in [6.07, 6.45) is 3.19. The Balaban J connectivity index is 2.07. The molecule has 2 heterocycles. The minimum absolute atomic E-state index is 0.0788. The molecule has 27 heavy (non-hydrogen) atoms. The van der Waals surface area contributed by atoms with E-state index in [2.05, 4.69) is 0 Å². The molecule has 1 fully saturated rings. The van der Waals surface area contributed by atoms with E-state index in [0.717, 1.165) is 12.8 Å². The van der Waals surface area contributed by atoms with Crippen LogP contribution < -0.4 is 10.2 Å². The lowest BCUT2D eigenvalue weighted by atomic mass is 9.96. The van der Waals surface area contributed by atoms with E-state index in [0.29, 0.717) is 23.4 Å². The molecule has 7 heteroatoms. The maximum atomic E-state index is 15.2. The van der Waals surface area contributed by atoms with E-state index in [4.69, 9.17) is 9.47 Å². The lowest BCUT2D eigenvalue weighted by Gasteiger charge is -2.32. The van der Waals surface area contributed by atoms with Crippen molar-refractivity contribution in [1.82, 2.24) is 9.47 Å². The third-order valence-electron chi connectivity index (χ3n) is 5.71. The van der Waals surface area contributed by atoms with Crippen LogP contribution in [0.5, 0.6) is 5.75 Å². The Morgan fingerprint density at radius 2 is 2.15 bits per heavy atom. The highest BCUT2D eigenvalue weighted by Crippen LogP contribution is 2.55. The van der Waals surface area contributed by atoms with Crippen LogP contribution in [0.3, 0.4) is 0 Å². The Hall–Kier alpha value is -2.41. The third kappa shape index (κ3) is 2.48. The molecule has 1 aromatic carbocycles. The van der Waals surface area contributed by atoms with Gasteiger partial charge in [-0.3, -0.25) is 9.69 Å². The average molecular weight is 374 g/mol. The summed E-state index contributed by atoms with van der Waals surface area (Å²) < 4.78 is 28.0. The summed E-state index contributed by atoms with van der Waals surface area (Å²) in [6, 6.07) is 1.15. The van der Waals surface area contributed by atoms with E-state index in [1.165, 1.54) is 12.3 Å². The third-order valence-corrected chi connectivity index (χ3v) is 5.71. The number of hydrogen-bond acceptors (Lipinski definition) is 5. The van der Waals surface area contributed by atoms with Crippen molar-refractivity contribution >= 4 is 16.9 Å². The summed E-state index contributed by atoms with van der Waals surface area (Å²) in [5, 5.41) is 0.151. The first-order valence-electron chi connectivity index (χ1n) is 9.21. The van der Waals surface area contributed by atoms with Crippen LogP contribution in [0.1, 0.15) is 48.7 Å². The lowest BCUT2D eigenvalue weighted by molar-refractivity contribution is 0.0523. The van der Waals surface area contributed by atoms with Gasteiger partial charge in [0.05, 0.1) is 34.7 Å². The number of aromatic nitrogens is 1. The molecule has 1 saturated carbocycles. The molecule has 0 spiro atoms. The Bertz CT molecular complexity index is 1010. The second-order valence-electron chi connectivity index (χ2n) is 7.54. The Kier molecular flexibility index (Phi) is 4.03. The number of hydrogen-bond donors (Lipinski definition) is 0. The summed E-state index contributed by atoms with van der Waals surface area (Å²) in [6.45, 7) is 4.12. The van der Waals surface area contributed by atoms with E-state index in [1.807, 2.05) is 30.5 Å². The fourth-order valence-electron chi connectivity index (χ4n) is 4.05. The van der Waals surface area contributed by atoms with Gasteiger partial charge in [0.2, 0.25) is 5.43 Å². The summed E-state index contributed by atoms with van der Waals surface area (Å²) in [7, 11) is 3.84. The van der Waals surface area contributed by atoms with Crippen molar-refractivity contribution in [3.63, 3.8) is 0 Å². The molecule has 6 nitrogen and oxygen atoms in total. The van der Waals surface area contributed by atoms with Gasteiger partial charge in [0.1, 0.15) is 18.0 Å². The molecule has 0 radical (unpaired) electrons. The first-order valence-corrected chi connectivity index (χ1v) is 9.21. The molecule has 1 aromatic heterocycles. The highest BCUT2D eigenvalue weighted by Gasteiger charge is 2.51. The lowest BCUT2D eigenvalue weighted by Crippen LogP contribution is -2.32. The van der Waals surface area contributed by atoms with Crippen LogP contribution in [0.4, 0.5) is 4.39 Å². The number of carbonyl (C=O) groups excluding carboxylic acids is 1. The van der Waals surface area contributed by atoms with Crippen molar-refractivity contribution in [2.75, 3.05) is 27.3 Å². The molecule has 0 N–H and O–H groups in total. The highest BCUT2D eigenvalue weighted by atomic mass is 19.1. The summed E-state index contributed by atoms with van der Waals surface area (Å²) in [5.41, 5.74) is 0.0403. The zero-order valence-corrected chi connectivity index (χ0v) is 16.0. The van der Waals surface area contributed by atoms with Gasteiger partial charge in [-0.05, 0) is 46.9 Å². The monoisotopic (exact) mass is 374 g/mol. The first-order chi connectivity index (χ1) is 12.8. The van der Waals surface area contributed by atoms with Crippen LogP contribution >= 0.6 is 0 Å². The Morgan fingerprint density at radius 3 is 2.74 bits per heavy atom. The summed E-state index contributed by atoms with van der Waals surface area (Å²) >= 11 is 0. The zero-order chi connectivity index (χ0) is 19.5. The van der Waals surface area contributed by atoms with Crippen LogP contribution in [-0.2, 0) is 10.3 Å². The fourth-order valence-corrected chi connectivity index (χ4v) is 4.05. The van der Waals surface area contributed by atoms with Crippen LogP contribution in [0.25, 0.3) is 10.9 Å². The second-order valence-corrected chi connectivity index (χ2v) is 7.54. The SMILES string of the molecule is CCOC(=O)c1cn2c3c(c(C4(N(C)C)CC4)c(F)cc3c1=O)OC[C@@H]2C. The van der Waals surface area contributed by atoms with Crippen molar-refractivity contribution in [1.29, 1.82) is 0 Å².